The summed E-state index contributed by atoms with van der Waals surface area (Å²) in [6.45, 7) is 7.38. The fraction of sp³-hybridized carbons (Fsp3) is 0.389. The molecule has 1 aliphatic carbocycles. The number of rotatable bonds is 5. The van der Waals surface area contributed by atoms with E-state index in [9.17, 15) is 0 Å². The maximum absolute atomic E-state index is 5.88. The van der Waals surface area contributed by atoms with Gasteiger partial charge in [-0.1, -0.05) is 31.2 Å². The Bertz CT molecular complexity index is 548. The molecule has 0 bridgehead atoms. The lowest BCUT2D eigenvalue weighted by Crippen LogP contribution is -2.31. The van der Waals surface area contributed by atoms with Gasteiger partial charge in [-0.2, -0.15) is 0 Å². The lowest BCUT2D eigenvalue weighted by atomic mass is 9.83. The number of hydrogen-bond acceptors (Lipinski definition) is 2. The van der Waals surface area contributed by atoms with Crippen LogP contribution in [0.3, 0.4) is 0 Å². The van der Waals surface area contributed by atoms with E-state index in [1.165, 1.54) is 0 Å². The minimum Gasteiger partial charge on any atom is -0.458 e. The van der Waals surface area contributed by atoms with Crippen LogP contribution in [0.4, 0.5) is 0 Å². The first-order valence-corrected chi connectivity index (χ1v) is 7.43. The van der Waals surface area contributed by atoms with E-state index in [4.69, 9.17) is 9.73 Å². The highest BCUT2D eigenvalue weighted by molar-refractivity contribution is 5.56. The standard InChI is InChI=1S/C18H24N2O/c1-5-20(4)14-19-18(3)12-11-17(13-15(18)2)21-16-9-7-6-8-10-16/h6-15H,5H2,1-4H3. The van der Waals surface area contributed by atoms with Gasteiger partial charge in [0.1, 0.15) is 11.5 Å². The van der Waals surface area contributed by atoms with Gasteiger partial charge in [0.15, 0.2) is 0 Å². The van der Waals surface area contributed by atoms with Crippen LogP contribution in [-0.2, 0) is 0 Å². The van der Waals surface area contributed by atoms with E-state index in [0.717, 1.165) is 18.1 Å². The topological polar surface area (TPSA) is 24.8 Å². The van der Waals surface area contributed by atoms with E-state index in [0.29, 0.717) is 0 Å². The minimum atomic E-state index is -0.215. The summed E-state index contributed by atoms with van der Waals surface area (Å²) in [6, 6.07) is 9.85. The van der Waals surface area contributed by atoms with E-state index in [1.54, 1.807) is 0 Å². The van der Waals surface area contributed by atoms with Crippen LogP contribution in [0.5, 0.6) is 5.75 Å². The van der Waals surface area contributed by atoms with Crippen molar-refractivity contribution < 1.29 is 4.74 Å². The summed E-state index contributed by atoms with van der Waals surface area (Å²) in [5, 5.41) is 0. The van der Waals surface area contributed by atoms with Gasteiger partial charge < -0.3 is 9.64 Å². The Morgan fingerprint density at radius 3 is 2.67 bits per heavy atom. The summed E-state index contributed by atoms with van der Waals surface area (Å²) in [5.41, 5.74) is -0.215. The van der Waals surface area contributed by atoms with Crippen molar-refractivity contribution in [1.29, 1.82) is 0 Å². The second-order valence-electron chi connectivity index (χ2n) is 5.65. The normalized spacial score (nSPS) is 25.0. The summed E-state index contributed by atoms with van der Waals surface area (Å²) in [7, 11) is 2.03. The van der Waals surface area contributed by atoms with Crippen LogP contribution in [0.25, 0.3) is 0 Å². The van der Waals surface area contributed by atoms with Gasteiger partial charge in [0, 0.05) is 19.5 Å². The van der Waals surface area contributed by atoms with Crippen molar-refractivity contribution in [3.63, 3.8) is 0 Å². The molecule has 1 aromatic rings. The maximum Gasteiger partial charge on any atom is 0.127 e. The SMILES string of the molecule is CCN(C)C=NC1(C)C=CC(Oc2ccccc2)=CC1C. The number of para-hydroxylation sites is 1. The summed E-state index contributed by atoms with van der Waals surface area (Å²) in [5.74, 6) is 2.02. The van der Waals surface area contributed by atoms with Gasteiger partial charge in [-0.15, -0.1) is 0 Å². The number of nitrogens with zero attached hydrogens (tertiary/aromatic N) is 2. The molecule has 0 saturated carbocycles. The third-order valence-corrected chi connectivity index (χ3v) is 3.93. The minimum absolute atomic E-state index is 0.215. The molecule has 0 aliphatic heterocycles. The summed E-state index contributed by atoms with van der Waals surface area (Å²) in [6.07, 6.45) is 8.18. The first-order chi connectivity index (χ1) is 10.0. The van der Waals surface area contributed by atoms with Crippen LogP contribution in [0.2, 0.25) is 0 Å². The molecule has 0 aromatic heterocycles. The van der Waals surface area contributed by atoms with E-state index >= 15 is 0 Å². The quantitative estimate of drug-likeness (QED) is 0.605. The molecule has 112 valence electrons. The molecular formula is C18H24N2O. The van der Waals surface area contributed by atoms with Crippen molar-refractivity contribution in [2.24, 2.45) is 10.9 Å². The monoisotopic (exact) mass is 284 g/mol. The molecule has 0 heterocycles. The van der Waals surface area contributed by atoms with E-state index < -0.39 is 0 Å². The van der Waals surface area contributed by atoms with Gasteiger partial charge >= 0.3 is 0 Å². The highest BCUT2D eigenvalue weighted by atomic mass is 16.5. The molecule has 1 aliphatic rings. The summed E-state index contributed by atoms with van der Waals surface area (Å²) in [4.78, 5) is 6.80. The third-order valence-electron chi connectivity index (χ3n) is 3.93. The second-order valence-corrected chi connectivity index (χ2v) is 5.65. The van der Waals surface area contributed by atoms with Crippen molar-refractivity contribution in [3.05, 3.63) is 54.3 Å². The molecule has 21 heavy (non-hydrogen) atoms. The molecule has 0 N–H and O–H groups in total. The van der Waals surface area contributed by atoms with Crippen LogP contribution in [0, 0.1) is 5.92 Å². The van der Waals surface area contributed by atoms with Crippen LogP contribution in [0.1, 0.15) is 20.8 Å². The van der Waals surface area contributed by atoms with E-state index in [-0.39, 0.29) is 11.5 Å². The predicted molar refractivity (Wildman–Crippen MR) is 88.7 cm³/mol. The number of hydrogen-bond donors (Lipinski definition) is 0. The van der Waals surface area contributed by atoms with Crippen molar-refractivity contribution in [2.75, 3.05) is 13.6 Å². The van der Waals surface area contributed by atoms with Crippen LogP contribution in [0.15, 0.2) is 59.3 Å². The maximum atomic E-state index is 5.88. The average Bonchev–Trinajstić information content (AvgIpc) is 2.50. The van der Waals surface area contributed by atoms with Crippen LogP contribution >= 0.6 is 0 Å². The molecule has 1 aromatic carbocycles. The molecule has 3 nitrogen and oxygen atoms in total. The number of allylic oxidation sites excluding steroid dienone is 1. The van der Waals surface area contributed by atoms with Gasteiger partial charge in [0.2, 0.25) is 0 Å². The molecule has 2 unspecified atom stereocenters. The molecule has 0 radical (unpaired) electrons. The summed E-state index contributed by atoms with van der Waals surface area (Å²) >= 11 is 0. The first kappa shape index (κ1) is 15.4. The van der Waals surface area contributed by atoms with Crippen molar-refractivity contribution >= 4 is 6.34 Å². The Morgan fingerprint density at radius 1 is 1.33 bits per heavy atom. The molecule has 2 rings (SSSR count). The zero-order valence-electron chi connectivity index (χ0n) is 13.3. The Labute approximate surface area is 127 Å². The Kier molecular flexibility index (Phi) is 4.84. The lowest BCUT2D eigenvalue weighted by Gasteiger charge is -2.30. The zero-order valence-corrected chi connectivity index (χ0v) is 13.3. The van der Waals surface area contributed by atoms with Gasteiger partial charge in [0.25, 0.3) is 0 Å². The van der Waals surface area contributed by atoms with E-state index in [1.807, 2.05) is 49.8 Å². The third kappa shape index (κ3) is 3.97. The van der Waals surface area contributed by atoms with Crippen molar-refractivity contribution in [1.82, 2.24) is 4.90 Å². The van der Waals surface area contributed by atoms with Crippen LogP contribution < -0.4 is 4.74 Å². The largest absolute Gasteiger partial charge is 0.458 e. The highest BCUT2D eigenvalue weighted by Gasteiger charge is 2.29. The van der Waals surface area contributed by atoms with Gasteiger partial charge in [0.05, 0.1) is 11.9 Å². The van der Waals surface area contributed by atoms with Gasteiger partial charge in [-0.25, -0.2) is 0 Å². The van der Waals surface area contributed by atoms with Crippen LogP contribution in [-0.4, -0.2) is 30.4 Å². The molecule has 0 amide bonds. The lowest BCUT2D eigenvalue weighted by molar-refractivity contribution is 0.394. The van der Waals surface area contributed by atoms with Gasteiger partial charge in [-0.3, -0.25) is 4.99 Å². The molecular weight excluding hydrogens is 260 g/mol. The molecule has 0 spiro atoms. The predicted octanol–water partition coefficient (Wildman–Crippen LogP) is 3.89. The fourth-order valence-corrected chi connectivity index (χ4v) is 2.03. The molecule has 3 heteroatoms. The number of benzene rings is 1. The molecule has 0 fully saturated rings. The number of aliphatic imine (C=N–C) groups is 1. The zero-order chi connectivity index (χ0) is 15.3. The Hall–Kier alpha value is -2.03. The number of ether oxygens (including phenoxy) is 1. The van der Waals surface area contributed by atoms with Crippen molar-refractivity contribution in [3.8, 4) is 5.75 Å². The van der Waals surface area contributed by atoms with Gasteiger partial charge in [-0.05, 0) is 38.1 Å². The first-order valence-electron chi connectivity index (χ1n) is 7.43. The summed E-state index contributed by atoms with van der Waals surface area (Å²) < 4.78 is 5.88. The van der Waals surface area contributed by atoms with E-state index in [2.05, 4.69) is 37.8 Å². The average molecular weight is 284 g/mol. The van der Waals surface area contributed by atoms with Crippen molar-refractivity contribution in [2.45, 2.75) is 26.3 Å². The smallest absolute Gasteiger partial charge is 0.127 e. The highest BCUT2D eigenvalue weighted by Crippen LogP contribution is 2.31. The Morgan fingerprint density at radius 2 is 2.05 bits per heavy atom. The Balaban J connectivity index is 2.07. The molecule has 0 saturated heterocycles. The second kappa shape index (κ2) is 6.61. The fourth-order valence-electron chi connectivity index (χ4n) is 2.03. The molecule has 2 atom stereocenters.